The zero-order valence-electron chi connectivity index (χ0n) is 9.57. The Labute approximate surface area is 95.9 Å². The molecule has 1 aromatic heterocycles. The van der Waals surface area contributed by atoms with Crippen LogP contribution in [0, 0.1) is 11.8 Å². The Bertz CT molecular complexity index is 309. The van der Waals surface area contributed by atoms with Crippen LogP contribution in [0.4, 0.5) is 0 Å². The molecule has 84 valence electrons. The SMILES string of the molecule is CC1CCC(C)C(N)(Cc2cncs2)C1. The van der Waals surface area contributed by atoms with Crippen molar-refractivity contribution < 1.29 is 0 Å². The summed E-state index contributed by atoms with van der Waals surface area (Å²) in [6, 6.07) is 0. The van der Waals surface area contributed by atoms with Crippen LogP contribution in [0.2, 0.25) is 0 Å². The molecule has 1 aliphatic rings. The standard InChI is InChI=1S/C12H20N2S/c1-9-3-4-10(2)12(13,5-9)6-11-7-14-8-15-11/h7-10H,3-6,13H2,1-2H3. The summed E-state index contributed by atoms with van der Waals surface area (Å²) in [5, 5.41) is 0. The molecule has 15 heavy (non-hydrogen) atoms. The van der Waals surface area contributed by atoms with Gasteiger partial charge in [-0.15, -0.1) is 11.3 Å². The van der Waals surface area contributed by atoms with Gasteiger partial charge in [-0.25, -0.2) is 0 Å². The molecule has 0 amide bonds. The van der Waals surface area contributed by atoms with E-state index in [0.717, 1.165) is 18.8 Å². The van der Waals surface area contributed by atoms with Gasteiger partial charge in [0.2, 0.25) is 0 Å². The summed E-state index contributed by atoms with van der Waals surface area (Å²) in [5.74, 6) is 1.41. The minimum absolute atomic E-state index is 0.00417. The van der Waals surface area contributed by atoms with Crippen molar-refractivity contribution in [2.24, 2.45) is 17.6 Å². The molecule has 1 aromatic rings. The zero-order chi connectivity index (χ0) is 10.9. The van der Waals surface area contributed by atoms with E-state index in [-0.39, 0.29) is 5.54 Å². The minimum Gasteiger partial charge on any atom is -0.325 e. The van der Waals surface area contributed by atoms with E-state index in [9.17, 15) is 0 Å². The molecular formula is C12H20N2S. The summed E-state index contributed by atoms with van der Waals surface area (Å²) in [4.78, 5) is 5.46. The van der Waals surface area contributed by atoms with Gasteiger partial charge in [-0.05, 0) is 24.7 Å². The molecule has 3 unspecified atom stereocenters. The molecule has 1 heterocycles. The van der Waals surface area contributed by atoms with Crippen LogP contribution in [0.1, 0.15) is 38.0 Å². The maximum absolute atomic E-state index is 6.56. The van der Waals surface area contributed by atoms with Gasteiger partial charge in [0, 0.05) is 23.0 Å². The van der Waals surface area contributed by atoms with E-state index < -0.39 is 0 Å². The molecule has 1 aliphatic carbocycles. The van der Waals surface area contributed by atoms with Crippen molar-refractivity contribution >= 4 is 11.3 Å². The van der Waals surface area contributed by atoms with Crippen LogP contribution in [-0.2, 0) is 6.42 Å². The molecule has 0 bridgehead atoms. The van der Waals surface area contributed by atoms with E-state index in [1.54, 1.807) is 11.3 Å². The van der Waals surface area contributed by atoms with Gasteiger partial charge in [0.1, 0.15) is 0 Å². The average Bonchev–Trinajstić information content (AvgIpc) is 2.64. The Hall–Kier alpha value is -0.410. The van der Waals surface area contributed by atoms with Crippen LogP contribution in [0.25, 0.3) is 0 Å². The molecule has 3 atom stereocenters. The summed E-state index contributed by atoms with van der Waals surface area (Å²) >= 11 is 1.73. The highest BCUT2D eigenvalue weighted by Gasteiger charge is 2.37. The zero-order valence-corrected chi connectivity index (χ0v) is 10.4. The summed E-state index contributed by atoms with van der Waals surface area (Å²) < 4.78 is 0. The Morgan fingerprint density at radius 3 is 3.00 bits per heavy atom. The smallest absolute Gasteiger partial charge is 0.0794 e. The van der Waals surface area contributed by atoms with Gasteiger partial charge in [-0.1, -0.05) is 20.3 Å². The van der Waals surface area contributed by atoms with Gasteiger partial charge in [-0.2, -0.15) is 0 Å². The first-order valence-electron chi connectivity index (χ1n) is 5.76. The normalized spacial score (nSPS) is 36.7. The largest absolute Gasteiger partial charge is 0.325 e. The van der Waals surface area contributed by atoms with Crippen LogP contribution >= 0.6 is 11.3 Å². The second-order valence-corrected chi connectivity index (χ2v) is 6.14. The maximum atomic E-state index is 6.56. The Morgan fingerprint density at radius 2 is 2.33 bits per heavy atom. The van der Waals surface area contributed by atoms with Gasteiger partial charge in [0.25, 0.3) is 0 Å². The third-order valence-electron chi connectivity index (χ3n) is 3.79. The minimum atomic E-state index is 0.00417. The van der Waals surface area contributed by atoms with E-state index >= 15 is 0 Å². The van der Waals surface area contributed by atoms with Crippen LogP contribution in [0.3, 0.4) is 0 Å². The van der Waals surface area contributed by atoms with Crippen LogP contribution < -0.4 is 5.73 Å². The average molecular weight is 224 g/mol. The number of nitrogens with zero attached hydrogens (tertiary/aromatic N) is 1. The number of thiazole rings is 1. The fourth-order valence-electron chi connectivity index (χ4n) is 2.67. The number of rotatable bonds is 2. The van der Waals surface area contributed by atoms with Crippen LogP contribution in [-0.4, -0.2) is 10.5 Å². The lowest BCUT2D eigenvalue weighted by Crippen LogP contribution is -2.51. The van der Waals surface area contributed by atoms with E-state index in [0.29, 0.717) is 5.92 Å². The topological polar surface area (TPSA) is 38.9 Å². The van der Waals surface area contributed by atoms with Crippen molar-refractivity contribution in [3.05, 3.63) is 16.6 Å². The van der Waals surface area contributed by atoms with E-state index in [1.165, 1.54) is 17.7 Å². The molecule has 2 rings (SSSR count). The molecule has 0 aromatic carbocycles. The van der Waals surface area contributed by atoms with Gasteiger partial charge < -0.3 is 5.73 Å². The Morgan fingerprint density at radius 1 is 1.53 bits per heavy atom. The van der Waals surface area contributed by atoms with Crippen LogP contribution in [0.5, 0.6) is 0 Å². The number of aromatic nitrogens is 1. The molecule has 0 aliphatic heterocycles. The molecule has 1 fully saturated rings. The first kappa shape index (κ1) is 11.1. The number of hydrogen-bond acceptors (Lipinski definition) is 3. The molecule has 0 radical (unpaired) electrons. The first-order valence-corrected chi connectivity index (χ1v) is 6.64. The fraction of sp³-hybridized carbons (Fsp3) is 0.750. The summed E-state index contributed by atoms with van der Waals surface area (Å²) in [6.07, 6.45) is 6.74. The highest BCUT2D eigenvalue weighted by atomic mass is 32.1. The molecule has 0 spiro atoms. The second-order valence-electron chi connectivity index (χ2n) is 5.17. The molecular weight excluding hydrogens is 204 g/mol. The Kier molecular flexibility index (Phi) is 3.12. The van der Waals surface area contributed by atoms with Crippen molar-refractivity contribution in [2.75, 3.05) is 0 Å². The number of hydrogen-bond donors (Lipinski definition) is 1. The van der Waals surface area contributed by atoms with E-state index in [4.69, 9.17) is 5.73 Å². The molecule has 2 N–H and O–H groups in total. The fourth-order valence-corrected chi connectivity index (χ4v) is 3.41. The molecule has 3 heteroatoms. The molecule has 2 nitrogen and oxygen atoms in total. The predicted molar refractivity (Wildman–Crippen MR) is 64.9 cm³/mol. The van der Waals surface area contributed by atoms with Crippen molar-refractivity contribution in [1.82, 2.24) is 4.98 Å². The van der Waals surface area contributed by atoms with Crippen molar-refractivity contribution in [3.8, 4) is 0 Å². The van der Waals surface area contributed by atoms with Gasteiger partial charge >= 0.3 is 0 Å². The highest BCUT2D eigenvalue weighted by Crippen LogP contribution is 2.37. The van der Waals surface area contributed by atoms with Crippen LogP contribution in [0.15, 0.2) is 11.7 Å². The molecule has 0 saturated heterocycles. The highest BCUT2D eigenvalue weighted by molar-refractivity contribution is 7.09. The lowest BCUT2D eigenvalue weighted by molar-refractivity contribution is 0.162. The van der Waals surface area contributed by atoms with Crippen molar-refractivity contribution in [3.63, 3.8) is 0 Å². The monoisotopic (exact) mass is 224 g/mol. The lowest BCUT2D eigenvalue weighted by atomic mass is 9.68. The van der Waals surface area contributed by atoms with E-state index in [1.807, 2.05) is 11.7 Å². The quantitative estimate of drug-likeness (QED) is 0.839. The second kappa shape index (κ2) is 4.22. The molecule has 1 saturated carbocycles. The lowest BCUT2D eigenvalue weighted by Gasteiger charge is -2.42. The predicted octanol–water partition coefficient (Wildman–Crippen LogP) is 2.84. The third kappa shape index (κ3) is 2.40. The maximum Gasteiger partial charge on any atom is 0.0794 e. The van der Waals surface area contributed by atoms with Crippen molar-refractivity contribution in [2.45, 2.75) is 45.1 Å². The first-order chi connectivity index (χ1) is 7.10. The Balaban J connectivity index is 2.09. The summed E-state index contributed by atoms with van der Waals surface area (Å²) in [6.45, 7) is 4.62. The van der Waals surface area contributed by atoms with Gasteiger partial charge in [0.05, 0.1) is 5.51 Å². The van der Waals surface area contributed by atoms with Gasteiger partial charge in [0.15, 0.2) is 0 Å². The van der Waals surface area contributed by atoms with Crippen molar-refractivity contribution in [1.29, 1.82) is 0 Å². The van der Waals surface area contributed by atoms with E-state index in [2.05, 4.69) is 18.8 Å². The number of nitrogens with two attached hydrogens (primary N) is 1. The summed E-state index contributed by atoms with van der Waals surface area (Å²) in [7, 11) is 0. The summed E-state index contributed by atoms with van der Waals surface area (Å²) in [5.41, 5.74) is 8.47. The third-order valence-corrected chi connectivity index (χ3v) is 4.57. The van der Waals surface area contributed by atoms with Gasteiger partial charge in [-0.3, -0.25) is 4.98 Å².